The van der Waals surface area contributed by atoms with Gasteiger partial charge in [-0.15, -0.1) is 0 Å². The number of benzene rings is 2. The molecule has 0 radical (unpaired) electrons. The average Bonchev–Trinajstić information content (AvgIpc) is 3.58. The van der Waals surface area contributed by atoms with Crippen LogP contribution >= 0.6 is 0 Å². The van der Waals surface area contributed by atoms with Crippen LogP contribution in [0.15, 0.2) is 54.2 Å². The molecule has 3 heterocycles. The molecule has 7 nitrogen and oxygen atoms in total. The topological polar surface area (TPSA) is 74.3 Å². The van der Waals surface area contributed by atoms with Crippen LogP contribution < -0.4 is 0 Å². The van der Waals surface area contributed by atoms with Crippen molar-refractivity contribution in [2.45, 2.75) is 84.6 Å². The lowest BCUT2D eigenvalue weighted by Gasteiger charge is -2.15. The fourth-order valence-electron chi connectivity index (χ4n) is 6.13. The van der Waals surface area contributed by atoms with E-state index in [4.69, 9.17) is 19.7 Å². The van der Waals surface area contributed by atoms with E-state index in [1.807, 2.05) is 25.1 Å². The van der Waals surface area contributed by atoms with Gasteiger partial charge in [-0.2, -0.15) is 0 Å². The monoisotopic (exact) mass is 549 g/mol. The number of fused-ring (bicyclic) bond motifs is 4. The summed E-state index contributed by atoms with van der Waals surface area (Å²) in [6, 6.07) is 12.1. The lowest BCUT2D eigenvalue weighted by Crippen LogP contribution is -2.05. The lowest BCUT2D eigenvalue weighted by atomic mass is 9.97. The summed E-state index contributed by atoms with van der Waals surface area (Å²) in [5.41, 5.74) is 9.89. The van der Waals surface area contributed by atoms with Crippen molar-refractivity contribution in [3.8, 4) is 11.4 Å². The first-order chi connectivity index (χ1) is 20.1. The number of hydrogen-bond donors (Lipinski definition) is 0. The first-order valence-electron chi connectivity index (χ1n) is 15.1. The van der Waals surface area contributed by atoms with Crippen LogP contribution in [0.1, 0.15) is 86.5 Å². The fraction of sp³-hybridized carbons (Fsp3) is 0.412. The summed E-state index contributed by atoms with van der Waals surface area (Å²) < 4.78 is 9.47. The van der Waals surface area contributed by atoms with E-state index < -0.39 is 0 Å². The molecule has 41 heavy (non-hydrogen) atoms. The number of aromatic nitrogens is 5. The third-order valence-corrected chi connectivity index (χ3v) is 8.31. The maximum absolute atomic E-state index is 12.3. The number of imidazole rings is 2. The summed E-state index contributed by atoms with van der Waals surface area (Å²) in [6.45, 7) is 5.12. The van der Waals surface area contributed by atoms with Crippen molar-refractivity contribution in [2.24, 2.45) is 0 Å². The number of unbranched alkanes of at least 4 members (excludes halogenated alkanes) is 3. The Kier molecular flexibility index (Phi) is 7.86. The van der Waals surface area contributed by atoms with Crippen LogP contribution in [-0.4, -0.2) is 37.0 Å². The summed E-state index contributed by atoms with van der Waals surface area (Å²) in [5.74, 6) is 0.546. The number of ether oxygens (including phenoxy) is 1. The number of aryl methyl sites for hydroxylation is 3. The van der Waals surface area contributed by atoms with Crippen molar-refractivity contribution in [2.75, 3.05) is 7.11 Å². The SMILES string of the molecule is CCCCCCc1nc2cc(-c3nc4cc(C(=O)OC)ccc4n3CCC3=CCCCC3)ccc2n2cc(C)nc12. The van der Waals surface area contributed by atoms with Gasteiger partial charge in [0, 0.05) is 18.3 Å². The summed E-state index contributed by atoms with van der Waals surface area (Å²) >= 11 is 0. The van der Waals surface area contributed by atoms with Crippen LogP contribution in [0.5, 0.6) is 0 Å². The second-order valence-corrected chi connectivity index (χ2v) is 11.3. The molecule has 0 bridgehead atoms. The molecule has 0 fully saturated rings. The second-order valence-electron chi connectivity index (χ2n) is 11.3. The van der Waals surface area contributed by atoms with Gasteiger partial charge in [-0.3, -0.25) is 4.40 Å². The van der Waals surface area contributed by atoms with E-state index in [0.29, 0.717) is 5.56 Å². The molecule has 212 valence electrons. The Morgan fingerprint density at radius 2 is 1.80 bits per heavy atom. The largest absolute Gasteiger partial charge is 0.465 e. The normalized spacial score (nSPS) is 13.8. The van der Waals surface area contributed by atoms with Crippen molar-refractivity contribution in [1.82, 2.24) is 23.9 Å². The van der Waals surface area contributed by atoms with Gasteiger partial charge in [-0.05, 0) is 88.3 Å². The minimum absolute atomic E-state index is 0.351. The molecule has 2 aromatic carbocycles. The van der Waals surface area contributed by atoms with Gasteiger partial charge < -0.3 is 9.30 Å². The Hall–Kier alpha value is -4.00. The molecule has 0 saturated carbocycles. The van der Waals surface area contributed by atoms with E-state index in [1.54, 1.807) is 0 Å². The van der Waals surface area contributed by atoms with Gasteiger partial charge in [-0.1, -0.05) is 37.8 Å². The maximum atomic E-state index is 12.3. The molecule has 0 unspecified atom stereocenters. The quantitative estimate of drug-likeness (QED) is 0.100. The van der Waals surface area contributed by atoms with Gasteiger partial charge in [0.15, 0.2) is 5.65 Å². The average molecular weight is 550 g/mol. The summed E-state index contributed by atoms with van der Waals surface area (Å²) in [5, 5.41) is 0. The van der Waals surface area contributed by atoms with Crippen molar-refractivity contribution in [3.05, 3.63) is 71.2 Å². The Labute approximate surface area is 241 Å². The summed E-state index contributed by atoms with van der Waals surface area (Å²) in [4.78, 5) is 27.3. The van der Waals surface area contributed by atoms with Crippen molar-refractivity contribution >= 4 is 33.7 Å². The molecule has 0 spiro atoms. The Morgan fingerprint density at radius 3 is 2.61 bits per heavy atom. The second kappa shape index (κ2) is 11.9. The Morgan fingerprint density at radius 1 is 0.951 bits per heavy atom. The van der Waals surface area contributed by atoms with E-state index in [9.17, 15) is 4.79 Å². The van der Waals surface area contributed by atoms with Gasteiger partial charge in [-0.25, -0.2) is 19.7 Å². The number of nitrogens with zero attached hydrogens (tertiary/aromatic N) is 5. The van der Waals surface area contributed by atoms with Crippen LogP contribution in [0.4, 0.5) is 0 Å². The highest BCUT2D eigenvalue weighted by Crippen LogP contribution is 2.31. The zero-order valence-corrected chi connectivity index (χ0v) is 24.4. The predicted molar refractivity (Wildman–Crippen MR) is 164 cm³/mol. The van der Waals surface area contributed by atoms with Gasteiger partial charge in [0.1, 0.15) is 5.82 Å². The molecule has 7 heteroatoms. The van der Waals surface area contributed by atoms with E-state index in [-0.39, 0.29) is 5.97 Å². The highest BCUT2D eigenvalue weighted by molar-refractivity contribution is 5.94. The standard InChI is InChI=1S/C34H39N5O2/c1-4-5-6-10-13-27-33-35-23(2)22-39(33)31-16-14-25(20-28(31)36-27)32-37-29-21-26(34(40)41-3)15-17-30(29)38(32)19-18-24-11-8-7-9-12-24/h11,14-17,20-22H,4-10,12-13,18-19H2,1-3H3. The first kappa shape index (κ1) is 27.2. The number of carbonyl (C=O) groups is 1. The Balaban J connectivity index is 1.45. The van der Waals surface area contributed by atoms with E-state index in [0.717, 1.165) is 76.3 Å². The summed E-state index contributed by atoms with van der Waals surface area (Å²) in [7, 11) is 1.41. The number of carbonyl (C=O) groups excluding carboxylic acids is 1. The van der Waals surface area contributed by atoms with Gasteiger partial charge in [0.25, 0.3) is 0 Å². The van der Waals surface area contributed by atoms with Crippen molar-refractivity contribution in [1.29, 1.82) is 0 Å². The smallest absolute Gasteiger partial charge is 0.337 e. The molecule has 0 aliphatic heterocycles. The van der Waals surface area contributed by atoms with Crippen molar-refractivity contribution in [3.63, 3.8) is 0 Å². The molecule has 0 N–H and O–H groups in total. The van der Waals surface area contributed by atoms with Gasteiger partial charge in [0.2, 0.25) is 0 Å². The highest BCUT2D eigenvalue weighted by atomic mass is 16.5. The molecule has 5 aromatic rings. The minimum atomic E-state index is -0.351. The fourth-order valence-corrected chi connectivity index (χ4v) is 6.13. The van der Waals surface area contributed by atoms with Crippen molar-refractivity contribution < 1.29 is 9.53 Å². The Bertz CT molecular complexity index is 1760. The number of allylic oxidation sites excluding steroid dienone is 2. The number of rotatable bonds is 10. The third kappa shape index (κ3) is 5.50. The molecule has 1 aliphatic carbocycles. The lowest BCUT2D eigenvalue weighted by molar-refractivity contribution is 0.0601. The van der Waals surface area contributed by atoms with Crippen LogP contribution in [0.3, 0.4) is 0 Å². The van der Waals surface area contributed by atoms with Crippen LogP contribution in [0.2, 0.25) is 0 Å². The zero-order chi connectivity index (χ0) is 28.3. The van der Waals surface area contributed by atoms with E-state index in [1.165, 1.54) is 57.6 Å². The molecule has 0 atom stereocenters. The number of esters is 1. The van der Waals surface area contributed by atoms with E-state index in [2.05, 4.69) is 46.4 Å². The summed E-state index contributed by atoms with van der Waals surface area (Å²) in [6.07, 6.45) is 16.1. The minimum Gasteiger partial charge on any atom is -0.465 e. The predicted octanol–water partition coefficient (Wildman–Crippen LogP) is 8.01. The molecule has 3 aromatic heterocycles. The molecule has 0 saturated heterocycles. The maximum Gasteiger partial charge on any atom is 0.337 e. The first-order valence-corrected chi connectivity index (χ1v) is 15.1. The number of hydrogen-bond acceptors (Lipinski definition) is 5. The molecular formula is C34H39N5O2. The van der Waals surface area contributed by atoms with Crippen LogP contribution in [-0.2, 0) is 17.7 Å². The molecule has 6 rings (SSSR count). The molecule has 0 amide bonds. The molecular weight excluding hydrogens is 510 g/mol. The van der Waals surface area contributed by atoms with Gasteiger partial charge in [0.05, 0.1) is 46.1 Å². The van der Waals surface area contributed by atoms with Gasteiger partial charge >= 0.3 is 5.97 Å². The third-order valence-electron chi connectivity index (χ3n) is 8.31. The zero-order valence-electron chi connectivity index (χ0n) is 24.4. The number of methoxy groups -OCH3 is 1. The van der Waals surface area contributed by atoms with Crippen LogP contribution in [0, 0.1) is 6.92 Å². The van der Waals surface area contributed by atoms with Crippen LogP contribution in [0.25, 0.3) is 39.1 Å². The van der Waals surface area contributed by atoms with E-state index >= 15 is 0 Å². The molecule has 1 aliphatic rings. The highest BCUT2D eigenvalue weighted by Gasteiger charge is 2.18.